The van der Waals surface area contributed by atoms with Crippen molar-refractivity contribution in [2.75, 3.05) is 14.1 Å². The molecule has 0 radical (unpaired) electrons. The molecule has 1 heterocycles. The minimum Gasteiger partial charge on any atom is -0.468 e. The molecule has 2 aromatic rings. The van der Waals surface area contributed by atoms with E-state index in [-0.39, 0.29) is 6.04 Å². The van der Waals surface area contributed by atoms with Gasteiger partial charge >= 0.3 is 0 Å². The first kappa shape index (κ1) is 15.1. The van der Waals surface area contributed by atoms with Gasteiger partial charge in [-0.2, -0.15) is 0 Å². The lowest BCUT2D eigenvalue weighted by Gasteiger charge is -2.25. The summed E-state index contributed by atoms with van der Waals surface area (Å²) in [5.74, 6) is 0.991. The molecule has 0 aliphatic rings. The summed E-state index contributed by atoms with van der Waals surface area (Å²) < 4.78 is 5.50. The third-order valence-corrected chi connectivity index (χ3v) is 3.96. The number of benzene rings is 1. The molecule has 2 rings (SSSR count). The predicted octanol–water partition coefficient (Wildman–Crippen LogP) is 3.85. The lowest BCUT2D eigenvalue weighted by molar-refractivity contribution is 0.251. The fourth-order valence-corrected chi connectivity index (χ4v) is 2.57. The average Bonchev–Trinajstić information content (AvgIpc) is 2.86. The summed E-state index contributed by atoms with van der Waals surface area (Å²) in [6.07, 6.45) is 1.75. The topological polar surface area (TPSA) is 28.4 Å². The van der Waals surface area contributed by atoms with E-state index in [0.717, 1.165) is 29.4 Å². The molecule has 0 bridgehead atoms. The van der Waals surface area contributed by atoms with Crippen LogP contribution in [0.1, 0.15) is 29.9 Å². The monoisotopic (exact) mass is 292 g/mol. The zero-order valence-electron chi connectivity index (χ0n) is 12.2. The van der Waals surface area contributed by atoms with Gasteiger partial charge in [0.25, 0.3) is 0 Å². The Morgan fingerprint density at radius 3 is 2.75 bits per heavy atom. The van der Waals surface area contributed by atoms with Crippen LogP contribution in [0.3, 0.4) is 0 Å². The zero-order valence-corrected chi connectivity index (χ0v) is 12.9. The molecule has 0 amide bonds. The molecular formula is C16H21ClN2O. The first-order chi connectivity index (χ1) is 9.63. The van der Waals surface area contributed by atoms with Gasteiger partial charge in [-0.25, -0.2) is 0 Å². The molecule has 108 valence electrons. The fraction of sp³-hybridized carbons (Fsp3) is 0.375. The molecule has 0 spiro atoms. The van der Waals surface area contributed by atoms with Gasteiger partial charge in [0, 0.05) is 23.2 Å². The zero-order chi connectivity index (χ0) is 14.5. The van der Waals surface area contributed by atoms with Gasteiger partial charge in [-0.3, -0.25) is 4.90 Å². The largest absolute Gasteiger partial charge is 0.468 e. The van der Waals surface area contributed by atoms with Gasteiger partial charge in [-0.05, 0) is 38.7 Å². The van der Waals surface area contributed by atoms with Crippen LogP contribution in [0.15, 0.2) is 41.0 Å². The fourth-order valence-electron chi connectivity index (χ4n) is 2.28. The molecule has 0 aliphatic heterocycles. The van der Waals surface area contributed by atoms with Crippen LogP contribution in [-0.2, 0) is 13.1 Å². The van der Waals surface area contributed by atoms with E-state index in [0.29, 0.717) is 0 Å². The average molecular weight is 293 g/mol. The van der Waals surface area contributed by atoms with Crippen LogP contribution in [-0.4, -0.2) is 19.0 Å². The maximum Gasteiger partial charge on any atom is 0.122 e. The Morgan fingerprint density at radius 2 is 2.05 bits per heavy atom. The Kier molecular flexibility index (Phi) is 5.24. The molecule has 1 unspecified atom stereocenters. The SMILES string of the molecule is CNCc1occc1CN(C)C(C)c1ccccc1Cl. The van der Waals surface area contributed by atoms with Crippen LogP contribution in [0.2, 0.25) is 5.02 Å². The van der Waals surface area contributed by atoms with Crippen LogP contribution in [0.5, 0.6) is 0 Å². The molecular weight excluding hydrogens is 272 g/mol. The number of hydrogen-bond donors (Lipinski definition) is 1. The normalized spacial score (nSPS) is 12.8. The van der Waals surface area contributed by atoms with Crippen molar-refractivity contribution < 1.29 is 4.42 Å². The van der Waals surface area contributed by atoms with Gasteiger partial charge in [-0.1, -0.05) is 29.8 Å². The summed E-state index contributed by atoms with van der Waals surface area (Å²) in [7, 11) is 4.02. The minimum atomic E-state index is 0.251. The Labute approximate surface area is 125 Å². The first-order valence-electron chi connectivity index (χ1n) is 6.78. The number of nitrogens with one attached hydrogen (secondary N) is 1. The summed E-state index contributed by atoms with van der Waals surface area (Å²) in [6.45, 7) is 3.75. The van der Waals surface area contributed by atoms with Crippen molar-refractivity contribution in [2.24, 2.45) is 0 Å². The summed E-state index contributed by atoms with van der Waals surface area (Å²) in [4.78, 5) is 2.27. The number of nitrogens with zero attached hydrogens (tertiary/aromatic N) is 1. The third kappa shape index (κ3) is 3.42. The van der Waals surface area contributed by atoms with Crippen molar-refractivity contribution in [3.8, 4) is 0 Å². The molecule has 20 heavy (non-hydrogen) atoms. The van der Waals surface area contributed by atoms with Crippen LogP contribution in [0.4, 0.5) is 0 Å². The summed E-state index contributed by atoms with van der Waals surface area (Å²) in [5.41, 5.74) is 2.36. The second-order valence-electron chi connectivity index (χ2n) is 5.01. The van der Waals surface area contributed by atoms with E-state index in [1.807, 2.05) is 31.3 Å². The highest BCUT2D eigenvalue weighted by atomic mass is 35.5. The van der Waals surface area contributed by atoms with Crippen molar-refractivity contribution in [3.63, 3.8) is 0 Å². The van der Waals surface area contributed by atoms with Gasteiger partial charge in [0.2, 0.25) is 0 Å². The molecule has 1 aromatic heterocycles. The minimum absolute atomic E-state index is 0.251. The second kappa shape index (κ2) is 6.93. The van der Waals surface area contributed by atoms with E-state index in [1.165, 1.54) is 5.56 Å². The van der Waals surface area contributed by atoms with Gasteiger partial charge in [0.1, 0.15) is 5.76 Å². The molecule has 0 saturated heterocycles. The van der Waals surface area contributed by atoms with Crippen LogP contribution < -0.4 is 5.32 Å². The molecule has 0 aliphatic carbocycles. The third-order valence-electron chi connectivity index (χ3n) is 3.61. The van der Waals surface area contributed by atoms with E-state index in [2.05, 4.69) is 30.3 Å². The quantitative estimate of drug-likeness (QED) is 0.877. The van der Waals surface area contributed by atoms with Crippen molar-refractivity contribution in [1.29, 1.82) is 0 Å². The highest BCUT2D eigenvalue weighted by Gasteiger charge is 2.16. The standard InChI is InChI=1S/C16H21ClN2O/c1-12(14-6-4-5-7-15(14)17)19(3)11-13-8-9-20-16(13)10-18-2/h4-9,12,18H,10-11H2,1-3H3. The van der Waals surface area contributed by atoms with E-state index >= 15 is 0 Å². The van der Waals surface area contributed by atoms with Gasteiger partial charge in [-0.15, -0.1) is 0 Å². The van der Waals surface area contributed by atoms with E-state index in [1.54, 1.807) is 6.26 Å². The molecule has 4 heteroatoms. The summed E-state index contributed by atoms with van der Waals surface area (Å²) in [5, 5.41) is 3.93. The second-order valence-corrected chi connectivity index (χ2v) is 5.42. The maximum atomic E-state index is 6.27. The van der Waals surface area contributed by atoms with Crippen molar-refractivity contribution in [3.05, 3.63) is 58.5 Å². The van der Waals surface area contributed by atoms with Crippen molar-refractivity contribution in [1.82, 2.24) is 10.2 Å². The predicted molar refractivity (Wildman–Crippen MR) is 82.8 cm³/mol. The van der Waals surface area contributed by atoms with Crippen LogP contribution in [0.25, 0.3) is 0 Å². The van der Waals surface area contributed by atoms with Crippen LogP contribution in [0, 0.1) is 0 Å². The summed E-state index contributed by atoms with van der Waals surface area (Å²) >= 11 is 6.27. The molecule has 1 atom stereocenters. The van der Waals surface area contributed by atoms with Gasteiger partial charge in [0.05, 0.1) is 12.8 Å². The van der Waals surface area contributed by atoms with Crippen molar-refractivity contribution in [2.45, 2.75) is 26.1 Å². The van der Waals surface area contributed by atoms with E-state index in [9.17, 15) is 0 Å². The first-order valence-corrected chi connectivity index (χ1v) is 7.15. The molecule has 1 aromatic carbocycles. The number of furan rings is 1. The van der Waals surface area contributed by atoms with Crippen molar-refractivity contribution >= 4 is 11.6 Å². The molecule has 1 N–H and O–H groups in total. The lowest BCUT2D eigenvalue weighted by Crippen LogP contribution is -2.23. The molecule has 0 fully saturated rings. The Morgan fingerprint density at radius 1 is 1.30 bits per heavy atom. The van der Waals surface area contributed by atoms with E-state index in [4.69, 9.17) is 16.0 Å². The maximum absolute atomic E-state index is 6.27. The number of halogens is 1. The smallest absolute Gasteiger partial charge is 0.122 e. The van der Waals surface area contributed by atoms with Gasteiger partial charge in [0.15, 0.2) is 0 Å². The van der Waals surface area contributed by atoms with Gasteiger partial charge < -0.3 is 9.73 Å². The lowest BCUT2D eigenvalue weighted by atomic mass is 10.1. The van der Waals surface area contributed by atoms with E-state index < -0.39 is 0 Å². The Hall–Kier alpha value is -1.29. The molecule has 0 saturated carbocycles. The van der Waals surface area contributed by atoms with Crippen LogP contribution >= 0.6 is 11.6 Å². The Bertz CT molecular complexity index is 553. The highest BCUT2D eigenvalue weighted by molar-refractivity contribution is 6.31. The number of hydrogen-bond acceptors (Lipinski definition) is 3. The number of rotatable bonds is 6. The Balaban J connectivity index is 2.09. The summed E-state index contributed by atoms with van der Waals surface area (Å²) in [6, 6.07) is 10.3. The highest BCUT2D eigenvalue weighted by Crippen LogP contribution is 2.27. The molecule has 3 nitrogen and oxygen atoms in total.